The van der Waals surface area contributed by atoms with Gasteiger partial charge in [-0.2, -0.15) is 0 Å². The Labute approximate surface area is 253 Å². The van der Waals surface area contributed by atoms with Crippen LogP contribution in [-0.4, -0.2) is 39.8 Å². The van der Waals surface area contributed by atoms with Gasteiger partial charge in [0.25, 0.3) is 23.4 Å². The van der Waals surface area contributed by atoms with Gasteiger partial charge in [-0.05, 0) is 66.2 Å². The van der Waals surface area contributed by atoms with Crippen molar-refractivity contribution in [3.8, 4) is 0 Å². The molecule has 1 saturated heterocycles. The summed E-state index contributed by atoms with van der Waals surface area (Å²) in [6.45, 7) is 0.0485. The quantitative estimate of drug-likeness (QED) is 0.126. The van der Waals surface area contributed by atoms with Gasteiger partial charge in [0.05, 0.1) is 21.7 Å². The summed E-state index contributed by atoms with van der Waals surface area (Å²) in [5, 5.41) is 16.7. The van der Waals surface area contributed by atoms with Crippen LogP contribution in [0, 0.1) is 15.9 Å². The lowest BCUT2D eigenvalue weighted by Gasteiger charge is -2.23. The van der Waals surface area contributed by atoms with Crippen LogP contribution in [0.4, 0.5) is 26.6 Å². The van der Waals surface area contributed by atoms with Crippen molar-refractivity contribution in [1.29, 1.82) is 0 Å². The standard InChI is InChI=1S/C31H22FN5O6S/c32-20-9-5-18(6-10-20)17-36(30(40)27-26(43-27)29(39)33-21-11-15-23(16-12-21)37(41)42)22-13-7-19(8-14-22)28(38)35-31-34-24-3-1-2-4-25(24)44-31/h1-16,26-27H,17H2,(H,33,39)(H,34,35,38)/t26-,27-/m0/s1. The van der Waals surface area contributed by atoms with Crippen LogP contribution in [-0.2, 0) is 20.9 Å². The Bertz CT molecular complexity index is 1850. The third-order valence-corrected chi connectivity index (χ3v) is 7.77. The molecule has 11 nitrogen and oxygen atoms in total. The molecule has 1 aliphatic heterocycles. The molecule has 2 heterocycles. The molecule has 4 aromatic carbocycles. The van der Waals surface area contributed by atoms with Crippen LogP contribution >= 0.6 is 11.3 Å². The van der Waals surface area contributed by atoms with Gasteiger partial charge in [0, 0.05) is 29.1 Å². The van der Waals surface area contributed by atoms with Gasteiger partial charge >= 0.3 is 0 Å². The predicted molar refractivity (Wildman–Crippen MR) is 162 cm³/mol. The van der Waals surface area contributed by atoms with E-state index in [-0.39, 0.29) is 18.1 Å². The lowest BCUT2D eigenvalue weighted by atomic mass is 10.1. The molecule has 0 unspecified atom stereocenters. The Kier molecular flexibility index (Phi) is 7.79. The van der Waals surface area contributed by atoms with Crippen LogP contribution in [0.2, 0.25) is 0 Å². The zero-order valence-electron chi connectivity index (χ0n) is 22.7. The topological polar surface area (TPSA) is 147 Å². The second kappa shape index (κ2) is 12.0. The fourth-order valence-electron chi connectivity index (χ4n) is 4.49. The first kappa shape index (κ1) is 28.6. The number of carbonyl (C=O) groups is 3. The van der Waals surface area contributed by atoms with Crippen LogP contribution in [0.5, 0.6) is 0 Å². The molecule has 0 aliphatic carbocycles. The Morgan fingerprint density at radius 3 is 2.30 bits per heavy atom. The van der Waals surface area contributed by atoms with Gasteiger partial charge in [0.1, 0.15) is 5.82 Å². The van der Waals surface area contributed by atoms with Gasteiger partial charge in [-0.25, -0.2) is 9.37 Å². The third-order valence-electron chi connectivity index (χ3n) is 6.81. The number of para-hydroxylation sites is 1. The zero-order chi connectivity index (χ0) is 30.8. The summed E-state index contributed by atoms with van der Waals surface area (Å²) in [5.41, 5.74) is 2.36. The van der Waals surface area contributed by atoms with Crippen LogP contribution in [0.1, 0.15) is 15.9 Å². The maximum Gasteiger partial charge on any atom is 0.269 e. The molecular formula is C31H22FN5O6S. The van der Waals surface area contributed by atoms with E-state index in [1.165, 1.54) is 52.6 Å². The Morgan fingerprint density at radius 1 is 0.909 bits per heavy atom. The normalized spacial score (nSPS) is 15.4. The number of hydrogen-bond acceptors (Lipinski definition) is 8. The monoisotopic (exact) mass is 611 g/mol. The molecule has 0 spiro atoms. The highest BCUT2D eigenvalue weighted by Gasteiger charge is 2.52. The van der Waals surface area contributed by atoms with Crippen molar-refractivity contribution >= 4 is 61.5 Å². The highest BCUT2D eigenvalue weighted by atomic mass is 32.1. The van der Waals surface area contributed by atoms with Crippen LogP contribution < -0.4 is 15.5 Å². The van der Waals surface area contributed by atoms with E-state index in [2.05, 4.69) is 15.6 Å². The summed E-state index contributed by atoms with van der Waals surface area (Å²) < 4.78 is 19.9. The molecular weight excluding hydrogens is 589 g/mol. The molecule has 0 bridgehead atoms. The Hall–Kier alpha value is -5.53. The minimum atomic E-state index is -1.09. The third kappa shape index (κ3) is 6.28. The number of fused-ring (bicyclic) bond motifs is 1. The number of ether oxygens (including phenoxy) is 1. The number of thiazole rings is 1. The molecule has 220 valence electrons. The number of amides is 3. The fraction of sp³-hybridized carbons (Fsp3) is 0.0968. The second-order valence-electron chi connectivity index (χ2n) is 9.81. The van der Waals surface area contributed by atoms with E-state index in [1.54, 1.807) is 36.4 Å². The summed E-state index contributed by atoms with van der Waals surface area (Å²) in [7, 11) is 0. The maximum absolute atomic E-state index is 13.6. The number of nitro benzene ring substituents is 1. The van der Waals surface area contributed by atoms with E-state index >= 15 is 0 Å². The minimum absolute atomic E-state index is 0.0485. The molecule has 1 aromatic heterocycles. The predicted octanol–water partition coefficient (Wildman–Crippen LogP) is 5.54. The molecule has 13 heteroatoms. The molecule has 3 amide bonds. The number of non-ortho nitro benzene ring substituents is 1. The lowest BCUT2D eigenvalue weighted by Crippen LogP contribution is -2.36. The average molecular weight is 612 g/mol. The number of halogens is 1. The van der Waals surface area contributed by atoms with Gasteiger partial charge in [-0.15, -0.1) is 0 Å². The molecule has 1 fully saturated rings. The fourth-order valence-corrected chi connectivity index (χ4v) is 5.35. The first-order chi connectivity index (χ1) is 21.2. The van der Waals surface area contributed by atoms with Crippen LogP contribution in [0.15, 0.2) is 97.1 Å². The van der Waals surface area contributed by atoms with Gasteiger partial charge < -0.3 is 15.0 Å². The molecule has 6 rings (SSSR count). The maximum atomic E-state index is 13.6. The highest BCUT2D eigenvalue weighted by molar-refractivity contribution is 7.22. The van der Waals surface area contributed by atoms with Gasteiger partial charge in [-0.1, -0.05) is 35.6 Å². The number of anilines is 3. The molecule has 5 aromatic rings. The number of benzene rings is 4. The summed E-state index contributed by atoms with van der Waals surface area (Å²) in [4.78, 5) is 55.4. The summed E-state index contributed by atoms with van der Waals surface area (Å²) in [6, 6.07) is 24.8. The number of aromatic nitrogens is 1. The number of nitro groups is 1. The second-order valence-corrected chi connectivity index (χ2v) is 10.8. The van der Waals surface area contributed by atoms with Crippen molar-refractivity contribution < 1.29 is 28.4 Å². The van der Waals surface area contributed by atoms with E-state index < -0.39 is 34.8 Å². The van der Waals surface area contributed by atoms with Gasteiger partial charge in [-0.3, -0.25) is 29.8 Å². The molecule has 2 N–H and O–H groups in total. The molecule has 0 saturated carbocycles. The first-order valence-corrected chi connectivity index (χ1v) is 14.1. The van der Waals surface area contributed by atoms with E-state index in [0.717, 1.165) is 10.2 Å². The van der Waals surface area contributed by atoms with Crippen molar-refractivity contribution in [3.63, 3.8) is 0 Å². The van der Waals surface area contributed by atoms with Crippen LogP contribution in [0.25, 0.3) is 10.2 Å². The van der Waals surface area contributed by atoms with E-state index in [0.29, 0.717) is 27.6 Å². The highest BCUT2D eigenvalue weighted by Crippen LogP contribution is 2.30. The average Bonchev–Trinajstić information content (AvgIpc) is 3.73. The minimum Gasteiger partial charge on any atom is -0.349 e. The number of nitrogens with one attached hydrogen (secondary N) is 2. The zero-order valence-corrected chi connectivity index (χ0v) is 23.5. The number of carbonyl (C=O) groups excluding carboxylic acids is 3. The number of rotatable bonds is 9. The lowest BCUT2D eigenvalue weighted by molar-refractivity contribution is -0.384. The first-order valence-electron chi connectivity index (χ1n) is 13.3. The summed E-state index contributed by atoms with van der Waals surface area (Å²) in [5.74, 6) is -1.89. The van der Waals surface area contributed by atoms with E-state index in [1.807, 2.05) is 24.3 Å². The smallest absolute Gasteiger partial charge is 0.269 e. The largest absolute Gasteiger partial charge is 0.349 e. The number of nitrogens with zero attached hydrogens (tertiary/aromatic N) is 3. The summed E-state index contributed by atoms with van der Waals surface area (Å²) in [6.07, 6.45) is -2.16. The van der Waals surface area contributed by atoms with Crippen LogP contribution in [0.3, 0.4) is 0 Å². The Balaban J connectivity index is 1.17. The SMILES string of the molecule is O=C(Nc1nc2ccccc2s1)c1ccc(N(Cc2ccc(F)cc2)C(=O)[C@H]2O[C@@H]2C(=O)Nc2ccc([N+](=O)[O-])cc2)cc1. The van der Waals surface area contributed by atoms with Crippen molar-refractivity contribution in [2.75, 3.05) is 15.5 Å². The van der Waals surface area contributed by atoms with Crippen molar-refractivity contribution in [3.05, 3.63) is 124 Å². The summed E-state index contributed by atoms with van der Waals surface area (Å²) >= 11 is 1.35. The number of epoxide rings is 1. The molecule has 2 atom stereocenters. The molecule has 44 heavy (non-hydrogen) atoms. The molecule has 0 radical (unpaired) electrons. The van der Waals surface area contributed by atoms with E-state index in [4.69, 9.17) is 4.74 Å². The number of hydrogen-bond donors (Lipinski definition) is 2. The van der Waals surface area contributed by atoms with Gasteiger partial charge in [0.15, 0.2) is 17.3 Å². The van der Waals surface area contributed by atoms with Gasteiger partial charge in [0.2, 0.25) is 0 Å². The van der Waals surface area contributed by atoms with Crippen molar-refractivity contribution in [2.45, 2.75) is 18.8 Å². The van der Waals surface area contributed by atoms with Crippen molar-refractivity contribution in [2.24, 2.45) is 0 Å². The molecule has 1 aliphatic rings. The van der Waals surface area contributed by atoms with E-state index in [9.17, 15) is 28.9 Å². The Morgan fingerprint density at radius 2 is 1.61 bits per heavy atom. The van der Waals surface area contributed by atoms with Crippen molar-refractivity contribution in [1.82, 2.24) is 4.98 Å².